The summed E-state index contributed by atoms with van der Waals surface area (Å²) in [5.41, 5.74) is 7.17. The van der Waals surface area contributed by atoms with Gasteiger partial charge >= 0.3 is 0 Å². The van der Waals surface area contributed by atoms with Crippen molar-refractivity contribution < 1.29 is 0 Å². The number of unbranched alkanes of at least 4 members (excludes halogenated alkanes) is 2. The number of nitrogens with zero attached hydrogens (tertiary/aromatic N) is 2. The van der Waals surface area contributed by atoms with Gasteiger partial charge < -0.3 is 16.0 Å². The Labute approximate surface area is 151 Å². The van der Waals surface area contributed by atoms with Crippen molar-refractivity contribution >= 4 is 16.7 Å². The third kappa shape index (κ3) is 5.75. The van der Waals surface area contributed by atoms with Crippen LogP contribution in [-0.2, 0) is 6.54 Å². The third-order valence-electron chi connectivity index (χ3n) is 4.90. The molecule has 0 bridgehead atoms. The molecule has 0 aromatic heterocycles. The molecule has 25 heavy (non-hydrogen) atoms. The fraction of sp³-hybridized carbons (Fsp3) is 0.476. The zero-order chi connectivity index (χ0) is 17.3. The average Bonchev–Trinajstić information content (AvgIpc) is 3.16. The molecular formula is C21H30N4. The molecule has 0 spiro atoms. The van der Waals surface area contributed by atoms with Gasteiger partial charge in [0.25, 0.3) is 0 Å². The zero-order valence-corrected chi connectivity index (χ0v) is 15.1. The number of hydrogen-bond donors (Lipinski definition) is 2. The summed E-state index contributed by atoms with van der Waals surface area (Å²) in [4.78, 5) is 7.03. The normalized spacial score (nSPS) is 15.8. The smallest absolute Gasteiger partial charge is 0.188 e. The van der Waals surface area contributed by atoms with Gasteiger partial charge in [0.15, 0.2) is 5.96 Å². The Bertz CT molecular complexity index is 689. The van der Waals surface area contributed by atoms with Crippen LogP contribution < -0.4 is 11.1 Å². The molecule has 0 atom stereocenters. The van der Waals surface area contributed by atoms with E-state index in [1.807, 2.05) is 0 Å². The fourth-order valence-corrected chi connectivity index (χ4v) is 3.43. The van der Waals surface area contributed by atoms with Crippen LogP contribution in [0.3, 0.4) is 0 Å². The molecule has 0 radical (unpaired) electrons. The number of hydrogen-bond acceptors (Lipinski definition) is 2. The van der Waals surface area contributed by atoms with Gasteiger partial charge in [-0.05, 0) is 67.7 Å². The zero-order valence-electron chi connectivity index (χ0n) is 15.1. The van der Waals surface area contributed by atoms with Crippen LogP contribution >= 0.6 is 0 Å². The van der Waals surface area contributed by atoms with E-state index in [0.29, 0.717) is 12.5 Å². The largest absolute Gasteiger partial charge is 0.370 e. The summed E-state index contributed by atoms with van der Waals surface area (Å²) in [7, 11) is 0. The van der Waals surface area contributed by atoms with Crippen LogP contribution in [0, 0.1) is 0 Å². The SMILES string of the molecule is NC(=NCc1ccc2ccccc2c1)NCCCCCN1CCCC1. The predicted octanol–water partition coefficient (Wildman–Crippen LogP) is 3.51. The standard InChI is InChI=1S/C21H30N4/c22-21(23-12-4-1-5-13-25-14-6-7-15-25)24-17-18-10-11-19-8-2-3-9-20(19)16-18/h2-3,8-11,16H,1,4-7,12-15,17H2,(H3,22,23,24). The van der Waals surface area contributed by atoms with E-state index in [1.165, 1.54) is 61.7 Å². The van der Waals surface area contributed by atoms with Crippen molar-refractivity contribution in [2.45, 2.75) is 38.6 Å². The first kappa shape index (κ1) is 17.7. The highest BCUT2D eigenvalue weighted by Gasteiger charge is 2.09. The van der Waals surface area contributed by atoms with Crippen molar-refractivity contribution in [1.82, 2.24) is 10.2 Å². The van der Waals surface area contributed by atoms with Gasteiger partial charge in [-0.2, -0.15) is 0 Å². The Morgan fingerprint density at radius 3 is 2.64 bits per heavy atom. The monoisotopic (exact) mass is 338 g/mol. The minimum Gasteiger partial charge on any atom is -0.370 e. The van der Waals surface area contributed by atoms with E-state index in [1.54, 1.807) is 0 Å². The molecule has 1 aliphatic heterocycles. The molecule has 2 aromatic rings. The van der Waals surface area contributed by atoms with Crippen molar-refractivity contribution in [3.05, 3.63) is 48.0 Å². The Morgan fingerprint density at radius 1 is 1.00 bits per heavy atom. The van der Waals surface area contributed by atoms with Crippen LogP contribution in [0.1, 0.15) is 37.7 Å². The topological polar surface area (TPSA) is 53.6 Å². The van der Waals surface area contributed by atoms with Crippen molar-refractivity contribution in [2.75, 3.05) is 26.2 Å². The number of rotatable bonds is 8. The van der Waals surface area contributed by atoms with Gasteiger partial charge in [-0.25, -0.2) is 4.99 Å². The van der Waals surface area contributed by atoms with Gasteiger partial charge in [0.2, 0.25) is 0 Å². The average molecular weight is 338 g/mol. The second-order valence-electron chi connectivity index (χ2n) is 6.92. The molecule has 3 rings (SSSR count). The Kier molecular flexibility index (Phi) is 6.69. The molecule has 0 aliphatic carbocycles. The summed E-state index contributed by atoms with van der Waals surface area (Å²) in [5.74, 6) is 0.549. The maximum Gasteiger partial charge on any atom is 0.188 e. The maximum atomic E-state index is 5.98. The van der Waals surface area contributed by atoms with Crippen LogP contribution in [0.15, 0.2) is 47.5 Å². The lowest BCUT2D eigenvalue weighted by molar-refractivity contribution is 0.328. The number of aliphatic imine (C=N–C) groups is 1. The minimum atomic E-state index is 0.549. The maximum absolute atomic E-state index is 5.98. The molecule has 0 amide bonds. The molecule has 1 aliphatic rings. The lowest BCUT2D eigenvalue weighted by atomic mass is 10.1. The molecule has 4 heteroatoms. The molecule has 3 N–H and O–H groups in total. The highest BCUT2D eigenvalue weighted by molar-refractivity contribution is 5.83. The molecule has 0 unspecified atom stereocenters. The van der Waals surface area contributed by atoms with E-state index in [2.05, 4.69) is 57.7 Å². The quantitative estimate of drug-likeness (QED) is 0.440. The molecule has 0 saturated carbocycles. The van der Waals surface area contributed by atoms with Gasteiger partial charge in [0, 0.05) is 6.54 Å². The molecule has 4 nitrogen and oxygen atoms in total. The van der Waals surface area contributed by atoms with Crippen LogP contribution in [0.5, 0.6) is 0 Å². The summed E-state index contributed by atoms with van der Waals surface area (Å²) in [6.07, 6.45) is 6.45. The molecular weight excluding hydrogens is 308 g/mol. The summed E-state index contributed by atoms with van der Waals surface area (Å²) < 4.78 is 0. The molecule has 2 aromatic carbocycles. The number of nitrogens with one attached hydrogen (secondary N) is 1. The predicted molar refractivity (Wildman–Crippen MR) is 107 cm³/mol. The van der Waals surface area contributed by atoms with Gasteiger partial charge in [0.1, 0.15) is 0 Å². The number of guanidine groups is 1. The van der Waals surface area contributed by atoms with Gasteiger partial charge in [-0.15, -0.1) is 0 Å². The Hall–Kier alpha value is -2.07. The fourth-order valence-electron chi connectivity index (χ4n) is 3.43. The van der Waals surface area contributed by atoms with Crippen LogP contribution in [0.25, 0.3) is 10.8 Å². The molecule has 1 heterocycles. The van der Waals surface area contributed by atoms with E-state index in [4.69, 9.17) is 5.73 Å². The second kappa shape index (κ2) is 9.42. The molecule has 1 fully saturated rings. The number of benzene rings is 2. The van der Waals surface area contributed by atoms with Crippen LogP contribution in [0.2, 0.25) is 0 Å². The van der Waals surface area contributed by atoms with Crippen LogP contribution in [-0.4, -0.2) is 37.0 Å². The van der Waals surface area contributed by atoms with Crippen molar-refractivity contribution in [3.63, 3.8) is 0 Å². The lowest BCUT2D eigenvalue weighted by Gasteiger charge is -2.13. The summed E-state index contributed by atoms with van der Waals surface area (Å²) in [6, 6.07) is 14.8. The number of fused-ring (bicyclic) bond motifs is 1. The first-order valence-electron chi connectivity index (χ1n) is 9.55. The third-order valence-corrected chi connectivity index (χ3v) is 4.90. The summed E-state index contributed by atoms with van der Waals surface area (Å²) >= 11 is 0. The van der Waals surface area contributed by atoms with Gasteiger partial charge in [-0.3, -0.25) is 0 Å². The van der Waals surface area contributed by atoms with Gasteiger partial charge in [-0.1, -0.05) is 42.8 Å². The molecule has 134 valence electrons. The van der Waals surface area contributed by atoms with E-state index >= 15 is 0 Å². The Morgan fingerprint density at radius 2 is 1.80 bits per heavy atom. The highest BCUT2D eigenvalue weighted by Crippen LogP contribution is 2.16. The first-order chi connectivity index (χ1) is 12.3. The van der Waals surface area contributed by atoms with Crippen molar-refractivity contribution in [1.29, 1.82) is 0 Å². The Balaban J connectivity index is 1.33. The van der Waals surface area contributed by atoms with E-state index in [0.717, 1.165) is 13.0 Å². The lowest BCUT2D eigenvalue weighted by Crippen LogP contribution is -2.32. The van der Waals surface area contributed by atoms with E-state index < -0.39 is 0 Å². The van der Waals surface area contributed by atoms with Crippen LogP contribution in [0.4, 0.5) is 0 Å². The number of nitrogens with two attached hydrogens (primary N) is 1. The summed E-state index contributed by atoms with van der Waals surface area (Å²) in [6.45, 7) is 5.39. The van der Waals surface area contributed by atoms with Crippen molar-refractivity contribution in [2.24, 2.45) is 10.7 Å². The van der Waals surface area contributed by atoms with E-state index in [9.17, 15) is 0 Å². The number of likely N-dealkylation sites (tertiary alicyclic amines) is 1. The second-order valence-corrected chi connectivity index (χ2v) is 6.92. The first-order valence-corrected chi connectivity index (χ1v) is 9.55. The van der Waals surface area contributed by atoms with Crippen molar-refractivity contribution in [3.8, 4) is 0 Å². The minimum absolute atomic E-state index is 0.549. The van der Waals surface area contributed by atoms with Gasteiger partial charge in [0.05, 0.1) is 6.54 Å². The van der Waals surface area contributed by atoms with E-state index in [-0.39, 0.29) is 0 Å². The molecule has 1 saturated heterocycles. The highest BCUT2D eigenvalue weighted by atomic mass is 15.1. The summed E-state index contributed by atoms with van der Waals surface area (Å²) in [5, 5.41) is 5.74.